The van der Waals surface area contributed by atoms with Gasteiger partial charge in [0.2, 0.25) is 0 Å². The van der Waals surface area contributed by atoms with Gasteiger partial charge in [-0.1, -0.05) is 19.1 Å². The number of alkyl halides is 3. The second-order valence-corrected chi connectivity index (χ2v) is 12.8. The van der Waals surface area contributed by atoms with Crippen molar-refractivity contribution in [2.45, 2.75) is 63.6 Å². The van der Waals surface area contributed by atoms with E-state index < -0.39 is 17.3 Å². The van der Waals surface area contributed by atoms with Crippen molar-refractivity contribution in [3.8, 4) is 5.69 Å². The van der Waals surface area contributed by atoms with Gasteiger partial charge in [0.25, 0.3) is 5.56 Å². The van der Waals surface area contributed by atoms with E-state index in [-0.39, 0.29) is 22.9 Å². The largest absolute Gasteiger partial charge is 0.418 e. The van der Waals surface area contributed by atoms with E-state index in [2.05, 4.69) is 33.5 Å². The summed E-state index contributed by atoms with van der Waals surface area (Å²) < 4.78 is 45.5. The summed E-state index contributed by atoms with van der Waals surface area (Å²) >= 11 is 0. The summed E-state index contributed by atoms with van der Waals surface area (Å²) in [4.78, 5) is 18.0. The molecule has 0 bridgehead atoms. The highest BCUT2D eigenvalue weighted by Gasteiger charge is 2.62. The molecule has 2 aromatic carbocycles. The zero-order valence-corrected chi connectivity index (χ0v) is 23.2. The van der Waals surface area contributed by atoms with Crippen LogP contribution in [-0.2, 0) is 25.2 Å². The molecule has 0 radical (unpaired) electrons. The molecule has 41 heavy (non-hydrogen) atoms. The van der Waals surface area contributed by atoms with Crippen LogP contribution in [0.4, 0.5) is 13.2 Å². The summed E-state index contributed by atoms with van der Waals surface area (Å²) in [5.41, 5.74) is 0.261. The molecule has 3 aliphatic rings. The number of hydrogen-bond acceptors (Lipinski definition) is 5. The zero-order chi connectivity index (χ0) is 28.6. The lowest BCUT2D eigenvalue weighted by atomic mass is 9.41. The van der Waals surface area contributed by atoms with Crippen molar-refractivity contribution in [3.63, 3.8) is 0 Å². The van der Waals surface area contributed by atoms with Crippen LogP contribution in [0.1, 0.15) is 68.0 Å². The molecular formula is C31H33F3N6O. The number of aryl methyl sites for hydroxylation is 1. The molecular weight excluding hydrogens is 529 g/mol. The van der Waals surface area contributed by atoms with Gasteiger partial charge in [0.05, 0.1) is 27.6 Å². The number of rotatable bonds is 7. The van der Waals surface area contributed by atoms with Gasteiger partial charge in [0.15, 0.2) is 0 Å². The normalized spacial score (nSPS) is 25.8. The number of fused-ring (bicyclic) bond motifs is 1. The monoisotopic (exact) mass is 562 g/mol. The Morgan fingerprint density at radius 3 is 2.54 bits per heavy atom. The minimum atomic E-state index is -4.63. The molecule has 7 nitrogen and oxygen atoms in total. The molecule has 214 valence electrons. The summed E-state index contributed by atoms with van der Waals surface area (Å²) in [5, 5.41) is 11.8. The van der Waals surface area contributed by atoms with Crippen LogP contribution in [0.5, 0.6) is 0 Å². The highest BCUT2D eigenvalue weighted by atomic mass is 19.4. The van der Waals surface area contributed by atoms with E-state index in [0.29, 0.717) is 22.6 Å². The smallest absolute Gasteiger partial charge is 0.320 e. The van der Waals surface area contributed by atoms with Gasteiger partial charge in [-0.15, -0.1) is 10.2 Å². The Hall–Kier alpha value is -3.53. The first-order valence-corrected chi connectivity index (χ1v) is 14.3. The second-order valence-electron chi connectivity index (χ2n) is 12.8. The van der Waals surface area contributed by atoms with E-state index in [1.165, 1.54) is 23.7 Å². The molecule has 0 saturated heterocycles. The van der Waals surface area contributed by atoms with Gasteiger partial charge < -0.3 is 9.88 Å². The number of nitrogens with zero attached hydrogens (tertiary/aromatic N) is 5. The quantitative estimate of drug-likeness (QED) is 0.321. The second kappa shape index (κ2) is 9.24. The number of aromatic nitrogens is 5. The van der Waals surface area contributed by atoms with Gasteiger partial charge in [-0.05, 0) is 97.7 Å². The number of halogens is 3. The Labute approximate surface area is 235 Å². The molecule has 0 aliphatic heterocycles. The predicted octanol–water partition coefficient (Wildman–Crippen LogP) is 5.53. The van der Waals surface area contributed by atoms with Crippen molar-refractivity contribution in [1.82, 2.24) is 29.6 Å². The van der Waals surface area contributed by atoms with Crippen LogP contribution in [0.2, 0.25) is 0 Å². The molecule has 0 amide bonds. The summed E-state index contributed by atoms with van der Waals surface area (Å²) in [6.45, 7) is 3.31. The third-order valence-corrected chi connectivity index (χ3v) is 9.42. The van der Waals surface area contributed by atoms with Crippen molar-refractivity contribution in [2.75, 3.05) is 6.54 Å². The van der Waals surface area contributed by atoms with Gasteiger partial charge >= 0.3 is 6.18 Å². The van der Waals surface area contributed by atoms with Crippen molar-refractivity contribution in [2.24, 2.45) is 24.3 Å². The molecule has 0 atom stereocenters. The molecule has 2 heterocycles. The van der Waals surface area contributed by atoms with Crippen LogP contribution in [0.15, 0.2) is 53.8 Å². The highest BCUT2D eigenvalue weighted by molar-refractivity contribution is 5.82. The zero-order valence-electron chi connectivity index (χ0n) is 23.2. The van der Waals surface area contributed by atoms with Gasteiger partial charge in [-0.25, -0.2) is 4.98 Å². The van der Waals surface area contributed by atoms with Crippen LogP contribution >= 0.6 is 0 Å². The van der Waals surface area contributed by atoms with Crippen LogP contribution in [0, 0.1) is 17.3 Å². The first kappa shape index (κ1) is 26.4. The summed E-state index contributed by atoms with van der Waals surface area (Å²) in [6, 6.07) is 10.4. The van der Waals surface area contributed by atoms with Crippen molar-refractivity contribution in [1.29, 1.82) is 0 Å². The first-order chi connectivity index (χ1) is 19.6. The molecule has 10 heteroatoms. The maximum atomic E-state index is 14.0. The summed E-state index contributed by atoms with van der Waals surface area (Å²) in [7, 11) is 1.95. The molecule has 1 spiro atoms. The summed E-state index contributed by atoms with van der Waals surface area (Å²) in [6.07, 6.45) is 4.89. The number of hydrogen-bond donors (Lipinski definition) is 1. The minimum Gasteiger partial charge on any atom is -0.320 e. The van der Waals surface area contributed by atoms with E-state index in [1.807, 2.05) is 23.7 Å². The van der Waals surface area contributed by atoms with Crippen LogP contribution in [-0.4, -0.2) is 30.9 Å². The molecule has 3 fully saturated rings. The Balaban J connectivity index is 1.29. The van der Waals surface area contributed by atoms with E-state index >= 15 is 0 Å². The lowest BCUT2D eigenvalue weighted by molar-refractivity contribution is -0.136. The standard InChI is InChI=1S/C31H33F3N6O/c1-19-11-29(12-19)15-30(16-29,28-38-37-18-39(28)2)22-4-3-5-23(10-22)40-17-36-26-24(27(40)41)8-21(9-25(26)31(32,33)34)14-35-13-20-6-7-20/h3-5,8-10,17-20,35H,6-7,11-16H2,1-2H3. The fourth-order valence-corrected chi connectivity index (χ4v) is 7.64. The van der Waals surface area contributed by atoms with E-state index in [1.54, 1.807) is 18.5 Å². The fraction of sp³-hybridized carbons (Fsp3) is 0.484. The molecule has 7 rings (SSSR count). The van der Waals surface area contributed by atoms with Crippen LogP contribution in [0.3, 0.4) is 0 Å². The van der Waals surface area contributed by atoms with Gasteiger partial charge in [0, 0.05) is 13.6 Å². The van der Waals surface area contributed by atoms with E-state index in [9.17, 15) is 18.0 Å². The van der Waals surface area contributed by atoms with Gasteiger partial charge in [-0.2, -0.15) is 13.2 Å². The third-order valence-electron chi connectivity index (χ3n) is 9.42. The average Bonchev–Trinajstić information content (AvgIpc) is 3.62. The summed E-state index contributed by atoms with van der Waals surface area (Å²) in [5.74, 6) is 2.20. The number of nitrogens with one attached hydrogen (secondary N) is 1. The van der Waals surface area contributed by atoms with E-state index in [0.717, 1.165) is 55.6 Å². The SMILES string of the molecule is CC1CC2(C1)CC(c1cccc(-n3cnc4c(C(F)(F)F)cc(CNCC5CC5)cc4c3=O)c1)(c1nncn1C)C2. The molecule has 1 N–H and O–H groups in total. The van der Waals surface area contributed by atoms with E-state index in [4.69, 9.17) is 0 Å². The molecule has 0 unspecified atom stereocenters. The Morgan fingerprint density at radius 2 is 1.88 bits per heavy atom. The minimum absolute atomic E-state index is 0.0370. The lowest BCUT2D eigenvalue weighted by Gasteiger charge is -2.63. The van der Waals surface area contributed by atoms with Crippen LogP contribution < -0.4 is 10.9 Å². The topological polar surface area (TPSA) is 77.6 Å². The van der Waals surface area contributed by atoms with Crippen molar-refractivity contribution in [3.05, 3.63) is 81.9 Å². The van der Waals surface area contributed by atoms with Gasteiger partial charge in [0.1, 0.15) is 18.5 Å². The molecule has 3 saturated carbocycles. The molecule has 3 aliphatic carbocycles. The predicted molar refractivity (Wildman–Crippen MR) is 149 cm³/mol. The Bertz CT molecular complexity index is 1690. The lowest BCUT2D eigenvalue weighted by Crippen LogP contribution is -2.57. The molecule has 2 aromatic heterocycles. The number of benzene rings is 2. The average molecular weight is 563 g/mol. The fourth-order valence-electron chi connectivity index (χ4n) is 7.64. The maximum Gasteiger partial charge on any atom is 0.418 e. The first-order valence-electron chi connectivity index (χ1n) is 14.3. The van der Waals surface area contributed by atoms with Crippen molar-refractivity contribution < 1.29 is 13.2 Å². The van der Waals surface area contributed by atoms with Crippen LogP contribution in [0.25, 0.3) is 16.6 Å². The Kier molecular flexibility index (Phi) is 5.94. The molecule has 4 aromatic rings. The highest BCUT2D eigenvalue weighted by Crippen LogP contribution is 2.68. The van der Waals surface area contributed by atoms with Gasteiger partial charge in [-0.3, -0.25) is 9.36 Å². The maximum absolute atomic E-state index is 14.0. The third kappa shape index (κ3) is 4.47. The Morgan fingerprint density at radius 1 is 1.10 bits per heavy atom. The van der Waals surface area contributed by atoms with Crippen molar-refractivity contribution >= 4 is 10.9 Å².